The lowest BCUT2D eigenvalue weighted by Gasteiger charge is -1.98. The van der Waals surface area contributed by atoms with Crippen LogP contribution < -0.4 is 11.1 Å². The Balaban J connectivity index is 2.27. The predicted molar refractivity (Wildman–Crippen MR) is 75.5 cm³/mol. The van der Waals surface area contributed by atoms with Crippen molar-refractivity contribution in [3.63, 3.8) is 0 Å². The number of nitrogens with zero attached hydrogens (tertiary/aromatic N) is 1. The Morgan fingerprint density at radius 3 is 2.83 bits per heavy atom. The van der Waals surface area contributed by atoms with E-state index in [-0.39, 0.29) is 0 Å². The van der Waals surface area contributed by atoms with Crippen molar-refractivity contribution in [2.75, 3.05) is 12.4 Å². The number of hydrogen-bond acceptors (Lipinski definition) is 5. The van der Waals surface area contributed by atoms with Crippen molar-refractivity contribution in [1.29, 1.82) is 0 Å². The van der Waals surface area contributed by atoms with Crippen LogP contribution in [0.4, 0.5) is 5.00 Å². The zero-order chi connectivity index (χ0) is 13.1. The fourth-order valence-electron chi connectivity index (χ4n) is 1.49. The molecule has 4 nitrogen and oxygen atoms in total. The molecule has 2 heterocycles. The summed E-state index contributed by atoms with van der Waals surface area (Å²) in [5, 5.41) is 3.79. The summed E-state index contributed by atoms with van der Waals surface area (Å²) in [4.78, 5) is 16.5. The summed E-state index contributed by atoms with van der Waals surface area (Å²) in [6.45, 7) is 1.95. The van der Waals surface area contributed by atoms with E-state index in [9.17, 15) is 4.79 Å². The van der Waals surface area contributed by atoms with Crippen LogP contribution in [-0.4, -0.2) is 17.9 Å². The number of nitrogens with two attached hydrogens (primary N) is 1. The number of primary amides is 1. The fourth-order valence-corrected chi connectivity index (χ4v) is 3.71. The summed E-state index contributed by atoms with van der Waals surface area (Å²) in [5.41, 5.74) is 6.84. The highest BCUT2D eigenvalue weighted by Crippen LogP contribution is 2.38. The molecule has 0 atom stereocenters. The largest absolute Gasteiger partial charge is 0.379 e. The van der Waals surface area contributed by atoms with E-state index in [0.717, 1.165) is 19.8 Å². The molecule has 0 spiro atoms. The molecule has 2 aromatic heterocycles. The highest BCUT2D eigenvalue weighted by Gasteiger charge is 2.13. The van der Waals surface area contributed by atoms with Crippen molar-refractivity contribution in [2.45, 2.75) is 16.0 Å². The first kappa shape index (κ1) is 12.9. The van der Waals surface area contributed by atoms with Gasteiger partial charge < -0.3 is 11.1 Å². The summed E-state index contributed by atoms with van der Waals surface area (Å²) in [7, 11) is 1.78. The van der Waals surface area contributed by atoms with Crippen molar-refractivity contribution in [3.8, 4) is 0 Å². The molecular weight excluding hydrogens is 266 g/mol. The number of aromatic nitrogens is 1. The molecule has 0 saturated heterocycles. The molecule has 0 aliphatic carbocycles. The molecule has 3 N–H and O–H groups in total. The molecule has 18 heavy (non-hydrogen) atoms. The molecule has 0 bridgehead atoms. The third kappa shape index (κ3) is 2.83. The molecular formula is C12H13N3OS2. The summed E-state index contributed by atoms with van der Waals surface area (Å²) in [6.07, 6.45) is 1.78. The number of amides is 1. The van der Waals surface area contributed by atoms with E-state index in [4.69, 9.17) is 5.73 Å². The van der Waals surface area contributed by atoms with Gasteiger partial charge in [-0.25, -0.2) is 0 Å². The van der Waals surface area contributed by atoms with Gasteiger partial charge in [0.15, 0.2) is 0 Å². The van der Waals surface area contributed by atoms with Gasteiger partial charge in [-0.05, 0) is 25.1 Å². The second kappa shape index (κ2) is 5.41. The molecule has 6 heteroatoms. The van der Waals surface area contributed by atoms with Gasteiger partial charge >= 0.3 is 0 Å². The van der Waals surface area contributed by atoms with E-state index in [1.807, 2.05) is 25.1 Å². The van der Waals surface area contributed by atoms with Crippen molar-refractivity contribution < 1.29 is 4.79 Å². The van der Waals surface area contributed by atoms with Gasteiger partial charge in [0, 0.05) is 23.8 Å². The number of pyridine rings is 1. The van der Waals surface area contributed by atoms with Gasteiger partial charge in [0.2, 0.25) is 0 Å². The second-order valence-electron chi connectivity index (χ2n) is 3.66. The first-order valence-corrected chi connectivity index (χ1v) is 6.95. The van der Waals surface area contributed by atoms with Crippen molar-refractivity contribution in [1.82, 2.24) is 4.98 Å². The maximum atomic E-state index is 11.3. The average Bonchev–Trinajstić information content (AvgIpc) is 2.72. The number of rotatable bonds is 4. The van der Waals surface area contributed by atoms with E-state index in [1.54, 1.807) is 25.0 Å². The minimum Gasteiger partial charge on any atom is -0.379 e. The van der Waals surface area contributed by atoms with Crippen LogP contribution in [0.2, 0.25) is 0 Å². The van der Waals surface area contributed by atoms with Crippen LogP contribution in [0.15, 0.2) is 33.5 Å². The summed E-state index contributed by atoms with van der Waals surface area (Å²) >= 11 is 3.12. The monoisotopic (exact) mass is 279 g/mol. The molecule has 0 aromatic carbocycles. The normalized spacial score (nSPS) is 10.3. The first-order valence-electron chi connectivity index (χ1n) is 5.32. The third-order valence-electron chi connectivity index (χ3n) is 2.29. The Kier molecular flexibility index (Phi) is 3.88. The van der Waals surface area contributed by atoms with E-state index < -0.39 is 5.91 Å². The van der Waals surface area contributed by atoms with Gasteiger partial charge in [0.25, 0.3) is 5.91 Å². The van der Waals surface area contributed by atoms with Crippen molar-refractivity contribution >= 4 is 34.0 Å². The van der Waals surface area contributed by atoms with Crippen molar-refractivity contribution in [3.05, 3.63) is 35.7 Å². The minimum atomic E-state index is -0.409. The molecule has 1 amide bonds. The number of aryl methyl sites for hydroxylation is 1. The summed E-state index contributed by atoms with van der Waals surface area (Å²) in [6, 6.07) is 5.77. The maximum absolute atomic E-state index is 11.3. The van der Waals surface area contributed by atoms with E-state index in [1.165, 1.54) is 11.3 Å². The zero-order valence-electron chi connectivity index (χ0n) is 10.1. The Labute approximate surface area is 114 Å². The Morgan fingerprint density at radius 2 is 2.28 bits per heavy atom. The Bertz CT molecular complexity index is 580. The molecule has 0 aliphatic rings. The quantitative estimate of drug-likeness (QED) is 0.903. The zero-order valence-corrected chi connectivity index (χ0v) is 11.7. The lowest BCUT2D eigenvalue weighted by atomic mass is 10.3. The minimum absolute atomic E-state index is 0.409. The second-order valence-corrected chi connectivity index (χ2v) is 6.08. The van der Waals surface area contributed by atoms with Gasteiger partial charge in [-0.1, -0.05) is 11.8 Å². The molecule has 0 radical (unpaired) electrons. The fraction of sp³-hybridized carbons (Fsp3) is 0.167. The smallest absolute Gasteiger partial charge is 0.251 e. The summed E-state index contributed by atoms with van der Waals surface area (Å²) < 4.78 is 1.03. The number of anilines is 1. The van der Waals surface area contributed by atoms with Crippen LogP contribution in [0, 0.1) is 6.92 Å². The predicted octanol–water partition coefficient (Wildman–Crippen LogP) is 2.74. The highest BCUT2D eigenvalue weighted by atomic mass is 32.2. The van der Waals surface area contributed by atoms with Crippen LogP contribution in [0.25, 0.3) is 0 Å². The van der Waals surface area contributed by atoms with Crippen LogP contribution >= 0.6 is 23.1 Å². The molecule has 2 rings (SSSR count). The van der Waals surface area contributed by atoms with Crippen LogP contribution in [0.5, 0.6) is 0 Å². The molecule has 94 valence electrons. The molecule has 2 aromatic rings. The summed E-state index contributed by atoms with van der Waals surface area (Å²) in [5.74, 6) is -0.409. The first-order chi connectivity index (χ1) is 8.60. The maximum Gasteiger partial charge on any atom is 0.251 e. The third-order valence-corrected chi connectivity index (χ3v) is 4.54. The number of carbonyl (C=O) groups is 1. The molecule has 0 aliphatic heterocycles. The average molecular weight is 279 g/mol. The van der Waals surface area contributed by atoms with Gasteiger partial charge in [0.1, 0.15) is 5.00 Å². The number of hydrogen-bond donors (Lipinski definition) is 2. The van der Waals surface area contributed by atoms with E-state index >= 15 is 0 Å². The van der Waals surface area contributed by atoms with Gasteiger partial charge in [-0.3, -0.25) is 9.78 Å². The standard InChI is InChI=1S/C12H13N3OS2/c1-7-5-8(3-4-15-7)17-10-6-9(11(13)16)12(14-2)18-10/h3-6,14H,1-2H3,(H2,13,16). The number of thiophene rings is 1. The van der Waals surface area contributed by atoms with Crippen LogP contribution in [0.3, 0.4) is 0 Å². The Morgan fingerprint density at radius 1 is 1.50 bits per heavy atom. The van der Waals surface area contributed by atoms with Crippen LogP contribution in [0.1, 0.15) is 16.1 Å². The lowest BCUT2D eigenvalue weighted by molar-refractivity contribution is 0.100. The Hall–Kier alpha value is -1.53. The van der Waals surface area contributed by atoms with E-state index in [2.05, 4.69) is 10.3 Å². The number of nitrogens with one attached hydrogen (secondary N) is 1. The van der Waals surface area contributed by atoms with Crippen LogP contribution in [-0.2, 0) is 0 Å². The van der Waals surface area contributed by atoms with Crippen molar-refractivity contribution in [2.24, 2.45) is 5.73 Å². The number of carbonyl (C=O) groups excluding carboxylic acids is 1. The van der Waals surface area contributed by atoms with Gasteiger partial charge in [0.05, 0.1) is 9.77 Å². The van der Waals surface area contributed by atoms with E-state index in [0.29, 0.717) is 5.56 Å². The van der Waals surface area contributed by atoms with Gasteiger partial charge in [-0.15, -0.1) is 11.3 Å². The lowest BCUT2D eigenvalue weighted by Crippen LogP contribution is -2.11. The topological polar surface area (TPSA) is 68.0 Å². The molecule has 0 unspecified atom stereocenters. The highest BCUT2D eigenvalue weighted by molar-refractivity contribution is 8.01. The molecule has 0 fully saturated rings. The van der Waals surface area contributed by atoms with Gasteiger partial charge in [-0.2, -0.15) is 0 Å². The SMILES string of the molecule is CNc1sc(Sc2ccnc(C)c2)cc1C(N)=O. The molecule has 0 saturated carbocycles.